The third-order valence-electron chi connectivity index (χ3n) is 5.28. The minimum atomic E-state index is 0.201. The highest BCUT2D eigenvalue weighted by Crippen LogP contribution is 2.37. The summed E-state index contributed by atoms with van der Waals surface area (Å²) < 4.78 is 3.34. The summed E-state index contributed by atoms with van der Waals surface area (Å²) in [4.78, 5) is 7.95. The number of aryl methyl sites for hydroxylation is 1. The van der Waals surface area contributed by atoms with Gasteiger partial charge >= 0.3 is 0 Å². The van der Waals surface area contributed by atoms with Crippen molar-refractivity contribution in [1.29, 1.82) is 0 Å². The van der Waals surface area contributed by atoms with Crippen LogP contribution in [0.4, 0.5) is 17.3 Å². The maximum Gasteiger partial charge on any atom is 0.268 e. The Morgan fingerprint density at radius 2 is 2.25 bits per heavy atom. The number of aliphatic hydroxyl groups excluding tert-OH is 1. The molecule has 0 aromatic carbocycles. The number of nitrogen functional groups attached to an aromatic ring is 1. The molecule has 3 aromatic heterocycles. The van der Waals surface area contributed by atoms with Crippen LogP contribution in [-0.2, 0) is 6.42 Å². The van der Waals surface area contributed by atoms with Crippen LogP contribution in [-0.4, -0.2) is 42.6 Å². The number of anilines is 2. The lowest BCUT2D eigenvalue weighted by Crippen LogP contribution is -2.31. The van der Waals surface area contributed by atoms with Crippen molar-refractivity contribution in [2.45, 2.75) is 32.2 Å². The van der Waals surface area contributed by atoms with E-state index >= 15 is 0 Å². The van der Waals surface area contributed by atoms with Crippen LogP contribution in [0.1, 0.15) is 30.3 Å². The lowest BCUT2D eigenvalue weighted by Gasteiger charge is -2.35. The van der Waals surface area contributed by atoms with Crippen molar-refractivity contribution >= 4 is 34.6 Å². The largest absolute Gasteiger partial charge is 0.396 e. The number of hydrogen-bond acceptors (Lipinski definition) is 6. The molecule has 146 valence electrons. The zero-order valence-corrected chi connectivity index (χ0v) is 16.2. The maximum atomic E-state index is 9.35. The summed E-state index contributed by atoms with van der Waals surface area (Å²) in [5.41, 5.74) is 8.28. The van der Waals surface area contributed by atoms with Crippen LogP contribution in [0, 0.1) is 19.4 Å². The highest BCUT2D eigenvalue weighted by Gasteiger charge is 2.32. The molecule has 1 aliphatic rings. The van der Waals surface area contributed by atoms with Crippen LogP contribution in [0.15, 0.2) is 12.3 Å². The van der Waals surface area contributed by atoms with Crippen molar-refractivity contribution in [3.63, 3.8) is 0 Å². The highest BCUT2D eigenvalue weighted by molar-refractivity contribution is 6.34. The van der Waals surface area contributed by atoms with E-state index in [9.17, 15) is 5.11 Å². The summed E-state index contributed by atoms with van der Waals surface area (Å²) in [6.07, 6.45) is 4.72. The minimum absolute atomic E-state index is 0.201. The zero-order chi connectivity index (χ0) is 19.8. The Labute approximate surface area is 166 Å². The van der Waals surface area contributed by atoms with E-state index in [1.54, 1.807) is 6.92 Å². The van der Waals surface area contributed by atoms with Gasteiger partial charge in [-0.15, -0.1) is 0 Å². The number of nitrogens with two attached hydrogens (primary N) is 1. The fraction of sp³-hybridized carbons (Fsp3) is 0.444. The predicted octanol–water partition coefficient (Wildman–Crippen LogP) is 2.62. The number of nitrogens with zero attached hydrogens (tertiary/aromatic N) is 6. The number of fused-ring (bicyclic) bond motifs is 1. The third-order valence-corrected chi connectivity index (χ3v) is 5.72. The van der Waals surface area contributed by atoms with E-state index in [0.29, 0.717) is 41.1 Å². The van der Waals surface area contributed by atoms with E-state index in [1.807, 2.05) is 16.9 Å². The first-order valence-corrected chi connectivity index (χ1v) is 9.51. The second kappa shape index (κ2) is 7.30. The summed E-state index contributed by atoms with van der Waals surface area (Å²) >= 11 is 6.25. The molecule has 0 radical (unpaired) electrons. The van der Waals surface area contributed by atoms with Crippen molar-refractivity contribution in [3.8, 4) is 0 Å². The molecule has 3 aromatic rings. The zero-order valence-electron chi connectivity index (χ0n) is 15.4. The fourth-order valence-corrected chi connectivity index (χ4v) is 3.65. The van der Waals surface area contributed by atoms with E-state index in [-0.39, 0.29) is 24.2 Å². The molecule has 2 unspecified atom stereocenters. The fourth-order valence-electron chi connectivity index (χ4n) is 3.49. The minimum Gasteiger partial charge on any atom is -0.396 e. The summed E-state index contributed by atoms with van der Waals surface area (Å²) in [5.74, 6) is 0.900. The average molecular weight is 401 g/mol. The van der Waals surface area contributed by atoms with Gasteiger partial charge < -0.3 is 16.2 Å². The number of aromatic nitrogens is 5. The Bertz CT molecular complexity index is 1060. The summed E-state index contributed by atoms with van der Waals surface area (Å²) in [6.45, 7) is 9.94. The van der Waals surface area contributed by atoms with Crippen LogP contribution in [0.25, 0.3) is 10.5 Å². The monoisotopic (exact) mass is 400 g/mol. The van der Waals surface area contributed by atoms with Crippen molar-refractivity contribution in [3.05, 3.63) is 40.1 Å². The van der Waals surface area contributed by atoms with Gasteiger partial charge in [-0.25, -0.2) is 14.3 Å². The first-order valence-electron chi connectivity index (χ1n) is 9.14. The second-order valence-electron chi connectivity index (χ2n) is 6.99. The molecule has 0 aliphatic heterocycles. The Balaban J connectivity index is 1.48. The molecular weight excluding hydrogens is 380 g/mol. The van der Waals surface area contributed by atoms with Crippen LogP contribution < -0.4 is 11.1 Å². The van der Waals surface area contributed by atoms with Crippen molar-refractivity contribution in [2.75, 3.05) is 24.2 Å². The van der Waals surface area contributed by atoms with Crippen LogP contribution in [0.3, 0.4) is 0 Å². The van der Waals surface area contributed by atoms with Gasteiger partial charge in [-0.05, 0) is 25.8 Å². The number of halogens is 1. The van der Waals surface area contributed by atoms with Gasteiger partial charge in [-0.1, -0.05) is 11.6 Å². The number of rotatable bonds is 6. The lowest BCUT2D eigenvalue weighted by molar-refractivity contribution is 0.0892. The smallest absolute Gasteiger partial charge is 0.268 e. The van der Waals surface area contributed by atoms with Gasteiger partial charge in [0.15, 0.2) is 5.65 Å². The van der Waals surface area contributed by atoms with Crippen LogP contribution in [0.2, 0.25) is 5.02 Å². The van der Waals surface area contributed by atoms with Crippen molar-refractivity contribution < 1.29 is 5.11 Å². The molecule has 1 fully saturated rings. The van der Waals surface area contributed by atoms with Gasteiger partial charge in [-0.3, -0.25) is 4.68 Å². The lowest BCUT2D eigenvalue weighted by atomic mass is 9.80. The molecule has 4 rings (SSSR count). The number of aliphatic hydroxyl groups is 1. The van der Waals surface area contributed by atoms with Crippen molar-refractivity contribution in [2.24, 2.45) is 5.92 Å². The topological polar surface area (TPSA) is 111 Å². The summed E-state index contributed by atoms with van der Waals surface area (Å²) in [5, 5.41) is 21.8. The van der Waals surface area contributed by atoms with Gasteiger partial charge in [-0.2, -0.15) is 10.2 Å². The average Bonchev–Trinajstić information content (AvgIpc) is 3.21. The van der Waals surface area contributed by atoms with E-state index in [0.717, 1.165) is 18.5 Å². The number of nitrogens with one attached hydrogen (secondary N) is 1. The molecule has 1 aliphatic carbocycles. The standard InChI is InChI=1S/C18H21ClN8O/c1-10-14(19)18-23-17(15(21-2)16(20)27(18)24-10)22-7-5-12-6-8-26(25-12)13-4-3-11(13)9-28/h6,8,11,13,28H,3-5,7,9,20H2,1H3,(H,22,23). The molecule has 2 atom stereocenters. The molecule has 9 nitrogen and oxygen atoms in total. The van der Waals surface area contributed by atoms with Crippen molar-refractivity contribution in [1.82, 2.24) is 24.4 Å². The summed E-state index contributed by atoms with van der Waals surface area (Å²) in [7, 11) is 0. The molecule has 4 N–H and O–H groups in total. The molecule has 3 heterocycles. The third kappa shape index (κ3) is 3.04. The molecule has 10 heteroatoms. The van der Waals surface area contributed by atoms with Gasteiger partial charge in [0.1, 0.15) is 16.7 Å². The Morgan fingerprint density at radius 1 is 1.43 bits per heavy atom. The second-order valence-corrected chi connectivity index (χ2v) is 7.37. The Morgan fingerprint density at radius 3 is 2.93 bits per heavy atom. The highest BCUT2D eigenvalue weighted by atomic mass is 35.5. The molecule has 1 saturated carbocycles. The van der Waals surface area contributed by atoms with Crippen LogP contribution in [0.5, 0.6) is 0 Å². The number of hydrogen-bond donors (Lipinski definition) is 3. The Kier molecular flexibility index (Phi) is 4.83. The van der Waals surface area contributed by atoms with Gasteiger partial charge in [0.05, 0.1) is 24.0 Å². The van der Waals surface area contributed by atoms with Gasteiger partial charge in [0.25, 0.3) is 5.69 Å². The molecule has 0 amide bonds. The predicted molar refractivity (Wildman–Crippen MR) is 107 cm³/mol. The maximum absolute atomic E-state index is 9.35. The van der Waals surface area contributed by atoms with Crippen LogP contribution >= 0.6 is 11.6 Å². The molecule has 0 spiro atoms. The quantitative estimate of drug-likeness (QED) is 0.548. The van der Waals surface area contributed by atoms with Gasteiger partial charge in [0.2, 0.25) is 0 Å². The Hall–Kier alpha value is -2.83. The van der Waals surface area contributed by atoms with E-state index in [2.05, 4.69) is 25.3 Å². The molecular formula is C18H21ClN8O. The normalized spacial score (nSPS) is 18.8. The summed E-state index contributed by atoms with van der Waals surface area (Å²) in [6, 6.07) is 2.27. The first-order chi connectivity index (χ1) is 13.5. The van der Waals surface area contributed by atoms with E-state index < -0.39 is 0 Å². The molecule has 0 bridgehead atoms. The van der Waals surface area contributed by atoms with E-state index in [1.165, 1.54) is 4.52 Å². The molecule has 28 heavy (non-hydrogen) atoms. The first kappa shape index (κ1) is 18.5. The van der Waals surface area contributed by atoms with Gasteiger partial charge in [0, 0.05) is 31.7 Å². The molecule has 0 saturated heterocycles. The SMILES string of the molecule is [C-]#[N+]c1c(NCCc2ccn(C3CCC3CO)n2)nc2c(Cl)c(C)nn2c1N. The van der Waals surface area contributed by atoms with E-state index in [4.69, 9.17) is 23.9 Å².